The number of carbonyl (C=O) groups is 2. The minimum atomic E-state index is -0.877. The molecule has 0 aromatic rings. The Balaban J connectivity index is 0.925. The predicted octanol–water partition coefficient (Wildman–Crippen LogP) is 2.30. The Morgan fingerprint density at radius 2 is 0.872 bits per heavy atom. The molecule has 2 bridgehead atoms. The van der Waals surface area contributed by atoms with E-state index in [0.717, 1.165) is 0 Å². The Hall–Kier alpha value is -1.72. The first-order chi connectivity index (χ1) is 22.0. The Morgan fingerprint density at radius 3 is 1.28 bits per heavy atom. The van der Waals surface area contributed by atoms with E-state index in [-0.39, 0.29) is 25.0 Å². The van der Waals surface area contributed by atoms with Crippen LogP contribution in [0, 0.1) is 23.7 Å². The lowest BCUT2D eigenvalue weighted by atomic mass is 9.83. The van der Waals surface area contributed by atoms with E-state index in [1.54, 1.807) is 0 Å². The molecule has 8 aliphatic rings. The van der Waals surface area contributed by atoms with Gasteiger partial charge in [-0.3, -0.25) is 9.59 Å². The van der Waals surface area contributed by atoms with Gasteiger partial charge in [0.15, 0.2) is 35.7 Å². The van der Waals surface area contributed by atoms with Crippen LogP contribution in [0.5, 0.6) is 0 Å². The molecule has 6 heterocycles. The molecular formula is C33H46O14. The molecule has 0 unspecified atom stereocenters. The number of rotatable bonds is 6. The topological polar surface area (TPSA) is 145 Å². The van der Waals surface area contributed by atoms with Gasteiger partial charge in [0, 0.05) is 0 Å². The fourth-order valence-corrected chi connectivity index (χ4v) is 8.64. The van der Waals surface area contributed by atoms with Crippen LogP contribution in [-0.4, -0.2) is 110 Å². The molecule has 14 heteroatoms. The second kappa shape index (κ2) is 10.9. The van der Waals surface area contributed by atoms with E-state index in [4.69, 9.17) is 56.8 Å². The van der Waals surface area contributed by atoms with E-state index >= 15 is 0 Å². The first-order valence-corrected chi connectivity index (χ1v) is 16.7. The van der Waals surface area contributed by atoms with Crippen molar-refractivity contribution in [2.75, 3.05) is 13.2 Å². The maximum Gasteiger partial charge on any atom is 0.310 e. The third kappa shape index (κ3) is 5.75. The standard InChI is InChI=1S/C33H46O14/c1-30(2)40-20-16(38-28-24(22(20)42-30)44-32(5,6)46-28)12-36-26(34)18-14-9-10-15(11-14)19(18)27(35)37-13-17-21-23(43-31(3,4)41-21)25-29(39-17)47-33(7,8)45-25/h9-10,14-25,28-29H,11-13H2,1-8H3/t14-,15+,16-,17-,18-,19-,20+,21+,22+,23+,24+,25+,28+,29+/m1/s1. The number of hydrogen-bond acceptors (Lipinski definition) is 14. The van der Waals surface area contributed by atoms with Crippen molar-refractivity contribution < 1.29 is 66.4 Å². The molecule has 2 aliphatic carbocycles. The first-order valence-electron chi connectivity index (χ1n) is 16.7. The van der Waals surface area contributed by atoms with Gasteiger partial charge in [0.2, 0.25) is 0 Å². The smallest absolute Gasteiger partial charge is 0.310 e. The van der Waals surface area contributed by atoms with Gasteiger partial charge in [-0.1, -0.05) is 12.2 Å². The molecule has 1 saturated carbocycles. The lowest BCUT2D eigenvalue weighted by Gasteiger charge is -2.37. The van der Waals surface area contributed by atoms with E-state index in [1.165, 1.54) is 0 Å². The fourth-order valence-electron chi connectivity index (χ4n) is 8.64. The maximum absolute atomic E-state index is 13.7. The van der Waals surface area contributed by atoms with Gasteiger partial charge in [0.1, 0.15) is 62.0 Å². The van der Waals surface area contributed by atoms with Crippen molar-refractivity contribution >= 4 is 11.9 Å². The lowest BCUT2D eigenvalue weighted by Crippen LogP contribution is -2.56. The second-order valence-corrected chi connectivity index (χ2v) is 15.7. The number of esters is 2. The zero-order chi connectivity index (χ0) is 33.3. The summed E-state index contributed by atoms with van der Waals surface area (Å²) in [5.41, 5.74) is 0. The normalized spacial score (nSPS) is 48.9. The van der Waals surface area contributed by atoms with E-state index in [9.17, 15) is 9.59 Å². The minimum absolute atomic E-state index is 0.0983. The highest BCUT2D eigenvalue weighted by Crippen LogP contribution is 2.50. The van der Waals surface area contributed by atoms with Crippen LogP contribution < -0.4 is 0 Å². The van der Waals surface area contributed by atoms with Crippen LogP contribution >= 0.6 is 0 Å². The van der Waals surface area contributed by atoms with Crippen molar-refractivity contribution in [2.24, 2.45) is 23.7 Å². The van der Waals surface area contributed by atoms with Gasteiger partial charge in [-0.25, -0.2) is 0 Å². The van der Waals surface area contributed by atoms with Crippen LogP contribution in [0.1, 0.15) is 61.8 Å². The second-order valence-electron chi connectivity index (χ2n) is 15.7. The van der Waals surface area contributed by atoms with Gasteiger partial charge < -0.3 is 56.8 Å². The van der Waals surface area contributed by atoms with E-state index in [2.05, 4.69) is 0 Å². The highest BCUT2D eigenvalue weighted by atomic mass is 16.9. The summed E-state index contributed by atoms with van der Waals surface area (Å²) in [5, 5.41) is 0. The predicted molar refractivity (Wildman–Crippen MR) is 155 cm³/mol. The molecular weight excluding hydrogens is 620 g/mol. The third-order valence-corrected chi connectivity index (χ3v) is 10.3. The third-order valence-electron chi connectivity index (χ3n) is 10.3. The Kier molecular flexibility index (Phi) is 7.52. The van der Waals surface area contributed by atoms with Gasteiger partial charge in [0.05, 0.1) is 11.8 Å². The SMILES string of the molecule is CC1(C)O[C@@H]2O[C@H](COC(=O)[C@H]3[C@H](C(=O)OC[C@H]4O[C@H]5OC(C)(C)O[C@H]5[C@H]5OC(C)(C)O[C@H]54)[C@H]4C=C[C@@H]3C4)[C@@H]3OC(C)(C)O[C@@H]3[C@@H]2O1. The molecule has 262 valence electrons. The molecule has 6 saturated heterocycles. The van der Waals surface area contributed by atoms with Crippen LogP contribution in [0.15, 0.2) is 12.2 Å². The summed E-state index contributed by atoms with van der Waals surface area (Å²) in [4.78, 5) is 27.4. The van der Waals surface area contributed by atoms with Gasteiger partial charge >= 0.3 is 11.9 Å². The van der Waals surface area contributed by atoms with Crippen LogP contribution in [-0.2, 0) is 66.4 Å². The van der Waals surface area contributed by atoms with Crippen molar-refractivity contribution in [3.05, 3.63) is 12.2 Å². The molecule has 0 N–H and O–H groups in total. The summed E-state index contributed by atoms with van der Waals surface area (Å²) < 4.78 is 72.9. The number of fused-ring (bicyclic) bond motifs is 8. The van der Waals surface area contributed by atoms with Gasteiger partial charge in [0.25, 0.3) is 0 Å². The Labute approximate surface area is 273 Å². The summed E-state index contributed by atoms with van der Waals surface area (Å²) in [6, 6.07) is 0. The number of allylic oxidation sites excluding steroid dienone is 2. The van der Waals surface area contributed by atoms with Gasteiger partial charge in [-0.15, -0.1) is 0 Å². The van der Waals surface area contributed by atoms with E-state index in [1.807, 2.05) is 67.5 Å². The number of hydrogen-bond donors (Lipinski definition) is 0. The molecule has 0 amide bonds. The molecule has 14 atom stereocenters. The Morgan fingerprint density at radius 1 is 0.532 bits per heavy atom. The molecule has 0 spiro atoms. The summed E-state index contributed by atoms with van der Waals surface area (Å²) in [6.45, 7) is 14.3. The zero-order valence-corrected chi connectivity index (χ0v) is 28.1. The highest BCUT2D eigenvalue weighted by Gasteiger charge is 2.63. The van der Waals surface area contributed by atoms with E-state index in [0.29, 0.717) is 6.42 Å². The average Bonchev–Trinajstić information content (AvgIpc) is 3.79. The average molecular weight is 667 g/mol. The minimum Gasteiger partial charge on any atom is -0.463 e. The molecule has 0 aromatic heterocycles. The summed E-state index contributed by atoms with van der Waals surface area (Å²) >= 11 is 0. The molecule has 6 aliphatic heterocycles. The number of ether oxygens (including phenoxy) is 12. The maximum atomic E-state index is 13.7. The van der Waals surface area contributed by atoms with Gasteiger partial charge in [-0.2, -0.15) is 0 Å². The number of carbonyl (C=O) groups excluding carboxylic acids is 2. The fraction of sp³-hybridized carbons (Fsp3) is 0.879. The monoisotopic (exact) mass is 666 g/mol. The van der Waals surface area contributed by atoms with Crippen molar-refractivity contribution in [3.63, 3.8) is 0 Å². The van der Waals surface area contributed by atoms with E-state index < -0.39 is 108 Å². The van der Waals surface area contributed by atoms with Crippen molar-refractivity contribution in [2.45, 2.75) is 146 Å². The molecule has 7 fully saturated rings. The lowest BCUT2D eigenvalue weighted by molar-refractivity contribution is -0.244. The molecule has 14 nitrogen and oxygen atoms in total. The molecule has 47 heavy (non-hydrogen) atoms. The molecule has 8 rings (SSSR count). The van der Waals surface area contributed by atoms with Crippen LogP contribution in [0.25, 0.3) is 0 Å². The molecule has 0 radical (unpaired) electrons. The van der Waals surface area contributed by atoms with Crippen molar-refractivity contribution in [1.29, 1.82) is 0 Å². The largest absolute Gasteiger partial charge is 0.463 e. The summed E-state index contributed by atoms with van der Waals surface area (Å²) in [7, 11) is 0. The van der Waals surface area contributed by atoms with Crippen molar-refractivity contribution in [1.82, 2.24) is 0 Å². The van der Waals surface area contributed by atoms with Crippen LogP contribution in [0.2, 0.25) is 0 Å². The Bertz CT molecular complexity index is 1210. The first kappa shape index (κ1) is 32.5. The highest BCUT2D eigenvalue weighted by molar-refractivity contribution is 5.84. The van der Waals surface area contributed by atoms with Crippen LogP contribution in [0.3, 0.4) is 0 Å². The zero-order valence-electron chi connectivity index (χ0n) is 28.1. The van der Waals surface area contributed by atoms with Crippen LogP contribution in [0.4, 0.5) is 0 Å². The van der Waals surface area contributed by atoms with Gasteiger partial charge in [-0.05, 0) is 73.6 Å². The summed E-state index contributed by atoms with van der Waals surface area (Å²) in [5.74, 6) is -6.13. The summed E-state index contributed by atoms with van der Waals surface area (Å²) in [6.07, 6.45) is -1.07. The molecule has 0 aromatic carbocycles. The van der Waals surface area contributed by atoms with Crippen molar-refractivity contribution in [3.8, 4) is 0 Å². The quantitative estimate of drug-likeness (QED) is 0.302.